The van der Waals surface area contributed by atoms with Crippen LogP contribution in [0, 0.1) is 0 Å². The van der Waals surface area contributed by atoms with E-state index in [4.69, 9.17) is 0 Å². The van der Waals surface area contributed by atoms with Gasteiger partial charge in [-0.25, -0.2) is 4.98 Å². The van der Waals surface area contributed by atoms with Crippen molar-refractivity contribution in [2.75, 3.05) is 5.32 Å². The predicted molar refractivity (Wildman–Crippen MR) is 67.8 cm³/mol. The zero-order valence-corrected chi connectivity index (χ0v) is 10.2. The second-order valence-electron chi connectivity index (χ2n) is 5.10. The van der Waals surface area contributed by atoms with Crippen LogP contribution in [0.3, 0.4) is 0 Å². The average Bonchev–Trinajstić information content (AvgIpc) is 2.99. The first kappa shape index (κ1) is 10.1. The lowest BCUT2D eigenvalue weighted by Gasteiger charge is -2.11. The minimum absolute atomic E-state index is 0.212. The van der Waals surface area contributed by atoms with Gasteiger partial charge in [0.15, 0.2) is 11.2 Å². The van der Waals surface area contributed by atoms with E-state index in [-0.39, 0.29) is 5.56 Å². The van der Waals surface area contributed by atoms with Gasteiger partial charge in [-0.15, -0.1) is 0 Å². The highest BCUT2D eigenvalue weighted by Crippen LogP contribution is 2.39. The van der Waals surface area contributed by atoms with Crippen LogP contribution in [0.4, 0.5) is 5.95 Å². The summed E-state index contributed by atoms with van der Waals surface area (Å²) in [5, 5.41) is 3.35. The molecule has 94 valence electrons. The monoisotopic (exact) mass is 245 g/mol. The summed E-state index contributed by atoms with van der Waals surface area (Å²) in [6.07, 6.45) is 4.30. The van der Waals surface area contributed by atoms with Crippen LogP contribution < -0.4 is 10.9 Å². The molecular formula is C12H15N5O. The SMILES string of the molecule is CCc1nc2c([nH]1)c(=O)nc1n2[C@H]2CCC[C@H]2N1. The van der Waals surface area contributed by atoms with E-state index in [1.54, 1.807) is 0 Å². The molecule has 2 aliphatic rings. The number of aryl methyl sites for hydroxylation is 1. The van der Waals surface area contributed by atoms with Gasteiger partial charge in [0.2, 0.25) is 5.95 Å². The molecule has 6 heteroatoms. The normalized spacial score (nSPS) is 25.2. The predicted octanol–water partition coefficient (Wildman–Crippen LogP) is 1.20. The van der Waals surface area contributed by atoms with E-state index in [1.807, 2.05) is 6.92 Å². The molecule has 0 saturated heterocycles. The standard InChI is InChI=1S/C12H15N5O/c1-2-8-14-9-10(15-8)17-7-5-3-4-6(7)13-12(17)16-11(9)18/h6-7H,2-5H2,1H3,(H,14,15)(H,13,16,18)/t6-,7+/m1/s1. The van der Waals surface area contributed by atoms with Gasteiger partial charge in [-0.1, -0.05) is 6.92 Å². The van der Waals surface area contributed by atoms with Crippen molar-refractivity contribution in [2.24, 2.45) is 0 Å². The van der Waals surface area contributed by atoms with E-state index >= 15 is 0 Å². The minimum Gasteiger partial charge on any atom is -0.351 e. The van der Waals surface area contributed by atoms with Crippen molar-refractivity contribution in [2.45, 2.75) is 44.7 Å². The smallest absolute Gasteiger partial charge is 0.300 e. The summed E-state index contributed by atoms with van der Waals surface area (Å²) in [6.45, 7) is 2.02. The third kappa shape index (κ3) is 1.15. The molecule has 0 unspecified atom stereocenters. The van der Waals surface area contributed by atoms with E-state index in [0.29, 0.717) is 23.5 Å². The van der Waals surface area contributed by atoms with Gasteiger partial charge in [-0.2, -0.15) is 4.98 Å². The summed E-state index contributed by atoms with van der Waals surface area (Å²) in [4.78, 5) is 23.7. The summed E-state index contributed by atoms with van der Waals surface area (Å²) in [6, 6.07) is 0.827. The molecule has 1 fully saturated rings. The van der Waals surface area contributed by atoms with Gasteiger partial charge in [-0.3, -0.25) is 9.36 Å². The highest BCUT2D eigenvalue weighted by molar-refractivity contribution is 5.73. The fourth-order valence-corrected chi connectivity index (χ4v) is 3.21. The molecule has 1 saturated carbocycles. The lowest BCUT2D eigenvalue weighted by molar-refractivity contribution is 0.542. The Morgan fingerprint density at radius 3 is 3.11 bits per heavy atom. The summed E-state index contributed by atoms with van der Waals surface area (Å²) < 4.78 is 2.12. The molecule has 18 heavy (non-hydrogen) atoms. The van der Waals surface area contributed by atoms with Crippen molar-refractivity contribution in [3.05, 3.63) is 16.2 Å². The molecular weight excluding hydrogens is 230 g/mol. The quantitative estimate of drug-likeness (QED) is 0.791. The van der Waals surface area contributed by atoms with Crippen molar-refractivity contribution >= 4 is 17.1 Å². The van der Waals surface area contributed by atoms with Crippen molar-refractivity contribution < 1.29 is 0 Å². The van der Waals surface area contributed by atoms with Gasteiger partial charge in [0.1, 0.15) is 5.82 Å². The Bertz CT molecular complexity index is 686. The number of aromatic amines is 1. The lowest BCUT2D eigenvalue weighted by Crippen LogP contribution is -2.15. The lowest BCUT2D eigenvalue weighted by atomic mass is 10.2. The summed E-state index contributed by atoms with van der Waals surface area (Å²) in [7, 11) is 0. The summed E-state index contributed by atoms with van der Waals surface area (Å²) in [5.74, 6) is 1.54. The van der Waals surface area contributed by atoms with E-state index in [0.717, 1.165) is 30.7 Å². The van der Waals surface area contributed by atoms with Gasteiger partial charge >= 0.3 is 5.56 Å². The van der Waals surface area contributed by atoms with Crippen LogP contribution in [0.5, 0.6) is 0 Å². The number of aromatic nitrogens is 4. The molecule has 2 N–H and O–H groups in total. The zero-order valence-electron chi connectivity index (χ0n) is 10.2. The highest BCUT2D eigenvalue weighted by atomic mass is 16.1. The molecule has 2 aromatic heterocycles. The molecule has 1 aliphatic carbocycles. The fraction of sp³-hybridized carbons (Fsp3) is 0.583. The number of imidazole rings is 1. The Hall–Kier alpha value is -1.85. The number of nitrogens with zero attached hydrogens (tertiary/aromatic N) is 3. The average molecular weight is 245 g/mol. The largest absolute Gasteiger partial charge is 0.351 e. The molecule has 4 rings (SSSR count). The van der Waals surface area contributed by atoms with E-state index in [9.17, 15) is 4.79 Å². The highest BCUT2D eigenvalue weighted by Gasteiger charge is 2.38. The van der Waals surface area contributed by atoms with Crippen LogP contribution in [0.15, 0.2) is 4.79 Å². The number of hydrogen-bond acceptors (Lipinski definition) is 4. The molecule has 0 aromatic carbocycles. The summed E-state index contributed by atoms with van der Waals surface area (Å²) >= 11 is 0. The van der Waals surface area contributed by atoms with Crippen LogP contribution >= 0.6 is 0 Å². The van der Waals surface area contributed by atoms with Crippen molar-refractivity contribution in [1.82, 2.24) is 19.5 Å². The van der Waals surface area contributed by atoms with Gasteiger partial charge in [-0.05, 0) is 19.3 Å². The van der Waals surface area contributed by atoms with E-state index in [2.05, 4.69) is 24.8 Å². The molecule has 2 atom stereocenters. The molecule has 3 heterocycles. The first-order chi connectivity index (χ1) is 8.78. The zero-order chi connectivity index (χ0) is 12.3. The second-order valence-corrected chi connectivity index (χ2v) is 5.10. The first-order valence-corrected chi connectivity index (χ1v) is 6.55. The Kier molecular flexibility index (Phi) is 1.87. The van der Waals surface area contributed by atoms with Crippen molar-refractivity contribution in [3.63, 3.8) is 0 Å². The number of H-pyrrole nitrogens is 1. The number of fused-ring (bicyclic) bond motifs is 5. The van der Waals surface area contributed by atoms with Crippen LogP contribution in [0.1, 0.15) is 38.1 Å². The maximum Gasteiger partial charge on any atom is 0.300 e. The molecule has 0 bridgehead atoms. The molecule has 6 nitrogen and oxygen atoms in total. The van der Waals surface area contributed by atoms with Crippen LogP contribution in [-0.2, 0) is 6.42 Å². The van der Waals surface area contributed by atoms with Crippen molar-refractivity contribution in [1.29, 1.82) is 0 Å². The second kappa shape index (κ2) is 3.34. The topological polar surface area (TPSA) is 75.6 Å². The molecule has 1 aliphatic heterocycles. The Labute approximate surface area is 103 Å². The van der Waals surface area contributed by atoms with Gasteiger partial charge in [0, 0.05) is 12.5 Å². The summed E-state index contributed by atoms with van der Waals surface area (Å²) in [5.41, 5.74) is 1.10. The van der Waals surface area contributed by atoms with Crippen LogP contribution in [-0.4, -0.2) is 25.6 Å². The maximum atomic E-state index is 12.0. The number of nitrogens with one attached hydrogen (secondary N) is 2. The van der Waals surface area contributed by atoms with Crippen LogP contribution in [0.2, 0.25) is 0 Å². The van der Waals surface area contributed by atoms with E-state index in [1.165, 1.54) is 6.42 Å². The number of rotatable bonds is 1. The number of hydrogen-bond donors (Lipinski definition) is 2. The van der Waals surface area contributed by atoms with E-state index < -0.39 is 0 Å². The Morgan fingerprint density at radius 1 is 1.39 bits per heavy atom. The third-order valence-electron chi connectivity index (χ3n) is 4.07. The van der Waals surface area contributed by atoms with Gasteiger partial charge < -0.3 is 10.3 Å². The molecule has 0 amide bonds. The fourth-order valence-electron chi connectivity index (χ4n) is 3.21. The molecule has 0 radical (unpaired) electrons. The molecule has 2 aromatic rings. The third-order valence-corrected chi connectivity index (χ3v) is 4.07. The maximum absolute atomic E-state index is 12.0. The Balaban J connectivity index is 2.04. The van der Waals surface area contributed by atoms with Gasteiger partial charge in [0.05, 0.1) is 6.04 Å². The first-order valence-electron chi connectivity index (χ1n) is 6.55. The number of anilines is 1. The minimum atomic E-state index is -0.212. The van der Waals surface area contributed by atoms with Crippen molar-refractivity contribution in [3.8, 4) is 0 Å². The van der Waals surface area contributed by atoms with Gasteiger partial charge in [0.25, 0.3) is 0 Å². The Morgan fingerprint density at radius 2 is 2.28 bits per heavy atom. The van der Waals surface area contributed by atoms with Crippen LogP contribution in [0.25, 0.3) is 11.2 Å². The molecule has 0 spiro atoms.